The number of fused-ring (bicyclic) bond motifs is 5. The van der Waals surface area contributed by atoms with Crippen LogP contribution >= 0.6 is 0 Å². The molecule has 8 atom stereocenters. The van der Waals surface area contributed by atoms with Crippen molar-refractivity contribution >= 4 is 0 Å². The average Bonchev–Trinajstić information content (AvgIpc) is 3.06. The summed E-state index contributed by atoms with van der Waals surface area (Å²) < 4.78 is 24.0. The highest BCUT2D eigenvalue weighted by atomic mass is 16.7. The van der Waals surface area contributed by atoms with Gasteiger partial charge in [-0.1, -0.05) is 13.8 Å². The Morgan fingerprint density at radius 2 is 1.68 bits per heavy atom. The molecule has 4 saturated carbocycles. The van der Waals surface area contributed by atoms with Gasteiger partial charge in [0.15, 0.2) is 0 Å². The van der Waals surface area contributed by atoms with Gasteiger partial charge >= 0.3 is 0 Å². The standard InChI is InChI=1S/C28H47NO5/c1-5-31-19-33-22-10-13-25(3)21(18-22)8-9-24-23(25)11-14-26(4)27(30,12-7-17-29)15-16-28(24,26)34-20-32-6-2/h21-24,30H,5-16,18-20H2,1-4H3/t21-,22+,23+,24-,25+,26-,27?,28+/m1/s1. The molecule has 34 heavy (non-hydrogen) atoms. The van der Waals surface area contributed by atoms with Crippen LogP contribution in [-0.4, -0.2) is 49.2 Å². The Morgan fingerprint density at radius 3 is 2.41 bits per heavy atom. The highest BCUT2D eigenvalue weighted by molar-refractivity contribution is 5.22. The SMILES string of the molecule is CCOCO[C@H]1CC[C@@]2(C)[C@H](CC[C@@H]3[C@@H]2CC[C@]2(C)C(O)(CCC#N)CC[C@]32OCOCC)C1. The molecule has 194 valence electrons. The summed E-state index contributed by atoms with van der Waals surface area (Å²) in [6.45, 7) is 10.8. The maximum Gasteiger partial charge on any atom is 0.147 e. The van der Waals surface area contributed by atoms with Gasteiger partial charge in [0.1, 0.15) is 13.6 Å². The van der Waals surface area contributed by atoms with Gasteiger partial charge in [0, 0.05) is 25.0 Å². The molecule has 0 aromatic carbocycles. The lowest BCUT2D eigenvalue weighted by Gasteiger charge is -2.65. The number of rotatable bonds is 10. The van der Waals surface area contributed by atoms with Crippen LogP contribution < -0.4 is 0 Å². The zero-order valence-corrected chi connectivity index (χ0v) is 21.9. The fraction of sp³-hybridized carbons (Fsp3) is 0.964. The van der Waals surface area contributed by atoms with E-state index in [-0.39, 0.29) is 23.2 Å². The molecule has 0 spiro atoms. The van der Waals surface area contributed by atoms with Crippen LogP contribution in [0.25, 0.3) is 0 Å². The first-order valence-electron chi connectivity index (χ1n) is 13.8. The molecule has 6 nitrogen and oxygen atoms in total. The van der Waals surface area contributed by atoms with Gasteiger partial charge in [0.2, 0.25) is 0 Å². The van der Waals surface area contributed by atoms with Crippen LogP contribution in [0.2, 0.25) is 0 Å². The normalized spacial score (nSPS) is 45.8. The quantitative estimate of drug-likeness (QED) is 0.327. The van der Waals surface area contributed by atoms with Crippen molar-refractivity contribution in [2.75, 3.05) is 26.8 Å². The fourth-order valence-electron chi connectivity index (χ4n) is 8.88. The number of ether oxygens (including phenoxy) is 4. The number of hydrogen-bond donors (Lipinski definition) is 1. The molecule has 0 aliphatic heterocycles. The van der Waals surface area contributed by atoms with Gasteiger partial charge in [-0.15, -0.1) is 0 Å². The van der Waals surface area contributed by atoms with E-state index in [1.54, 1.807) is 0 Å². The summed E-state index contributed by atoms with van der Waals surface area (Å²) in [6.07, 6.45) is 10.6. The van der Waals surface area contributed by atoms with E-state index in [9.17, 15) is 10.4 Å². The van der Waals surface area contributed by atoms with E-state index >= 15 is 0 Å². The summed E-state index contributed by atoms with van der Waals surface area (Å²) in [4.78, 5) is 0. The highest BCUT2D eigenvalue weighted by Crippen LogP contribution is 2.71. The Kier molecular flexibility index (Phi) is 8.02. The van der Waals surface area contributed by atoms with Gasteiger partial charge in [-0.05, 0) is 101 Å². The maximum atomic E-state index is 11.9. The summed E-state index contributed by atoms with van der Waals surface area (Å²) >= 11 is 0. The molecular formula is C28H47NO5. The molecule has 0 heterocycles. The van der Waals surface area contributed by atoms with Crippen LogP contribution in [0.15, 0.2) is 0 Å². The average molecular weight is 478 g/mol. The summed E-state index contributed by atoms with van der Waals surface area (Å²) in [7, 11) is 0. The first kappa shape index (κ1) is 26.4. The molecule has 0 saturated heterocycles. The molecule has 0 aromatic rings. The van der Waals surface area contributed by atoms with E-state index in [1.807, 2.05) is 13.8 Å². The zero-order valence-electron chi connectivity index (χ0n) is 21.9. The number of hydrogen-bond acceptors (Lipinski definition) is 6. The van der Waals surface area contributed by atoms with Crippen molar-refractivity contribution in [3.63, 3.8) is 0 Å². The third-order valence-corrected chi connectivity index (χ3v) is 10.9. The van der Waals surface area contributed by atoms with Gasteiger partial charge in [-0.2, -0.15) is 5.26 Å². The molecule has 1 unspecified atom stereocenters. The van der Waals surface area contributed by atoms with E-state index in [1.165, 1.54) is 12.8 Å². The lowest BCUT2D eigenvalue weighted by atomic mass is 9.43. The number of nitrogens with zero attached hydrogens (tertiary/aromatic N) is 1. The molecule has 4 fully saturated rings. The van der Waals surface area contributed by atoms with Crippen LogP contribution in [-0.2, 0) is 18.9 Å². The minimum atomic E-state index is -0.845. The van der Waals surface area contributed by atoms with Crippen LogP contribution in [0.1, 0.15) is 98.3 Å². The maximum absolute atomic E-state index is 11.9. The molecule has 0 aromatic heterocycles. The minimum absolute atomic E-state index is 0.283. The fourth-order valence-corrected chi connectivity index (χ4v) is 8.88. The molecule has 0 amide bonds. The Hall–Kier alpha value is -0.710. The Labute approximate surface area is 206 Å². The van der Waals surface area contributed by atoms with Crippen molar-refractivity contribution in [3.05, 3.63) is 0 Å². The molecule has 4 rings (SSSR count). The van der Waals surface area contributed by atoms with E-state index in [2.05, 4.69) is 19.9 Å². The van der Waals surface area contributed by atoms with Crippen molar-refractivity contribution < 1.29 is 24.1 Å². The van der Waals surface area contributed by atoms with Crippen LogP contribution in [0.3, 0.4) is 0 Å². The lowest BCUT2D eigenvalue weighted by molar-refractivity contribution is -0.280. The van der Waals surface area contributed by atoms with Crippen molar-refractivity contribution in [2.24, 2.45) is 28.6 Å². The molecule has 1 N–H and O–H groups in total. The van der Waals surface area contributed by atoms with E-state index in [0.717, 1.165) is 38.5 Å². The first-order chi connectivity index (χ1) is 16.3. The second kappa shape index (κ2) is 10.3. The van der Waals surface area contributed by atoms with Gasteiger partial charge in [-0.25, -0.2) is 0 Å². The topological polar surface area (TPSA) is 80.9 Å². The largest absolute Gasteiger partial charge is 0.389 e. The summed E-state index contributed by atoms with van der Waals surface area (Å²) in [5, 5.41) is 21.2. The summed E-state index contributed by atoms with van der Waals surface area (Å²) in [5.74, 6) is 1.68. The second-order valence-electron chi connectivity index (χ2n) is 11.9. The molecule has 4 aliphatic carbocycles. The number of nitriles is 1. The van der Waals surface area contributed by atoms with Crippen molar-refractivity contribution in [2.45, 2.75) is 116 Å². The molecule has 4 aliphatic rings. The second-order valence-corrected chi connectivity index (χ2v) is 11.9. The number of aliphatic hydroxyl groups is 1. The third kappa shape index (κ3) is 4.14. The van der Waals surface area contributed by atoms with Crippen molar-refractivity contribution in [1.29, 1.82) is 5.26 Å². The Morgan fingerprint density at radius 1 is 0.912 bits per heavy atom. The zero-order chi connectivity index (χ0) is 24.5. The Balaban J connectivity index is 1.58. The first-order valence-corrected chi connectivity index (χ1v) is 13.8. The van der Waals surface area contributed by atoms with Gasteiger partial charge < -0.3 is 24.1 Å². The predicted octanol–water partition coefficient (Wildman–Crippen LogP) is 5.58. The highest BCUT2D eigenvalue weighted by Gasteiger charge is 2.72. The summed E-state index contributed by atoms with van der Waals surface area (Å²) in [6, 6.07) is 2.27. The monoisotopic (exact) mass is 477 g/mol. The predicted molar refractivity (Wildman–Crippen MR) is 130 cm³/mol. The van der Waals surface area contributed by atoms with Gasteiger partial charge in [0.25, 0.3) is 0 Å². The Bertz CT molecular complexity index is 741. The van der Waals surface area contributed by atoms with Crippen molar-refractivity contribution in [1.82, 2.24) is 0 Å². The molecule has 6 heteroatoms. The molecular weight excluding hydrogens is 430 g/mol. The molecule has 0 bridgehead atoms. The lowest BCUT2D eigenvalue weighted by Crippen LogP contribution is -2.66. The van der Waals surface area contributed by atoms with Gasteiger partial charge in [0.05, 0.1) is 23.4 Å². The van der Waals surface area contributed by atoms with Crippen LogP contribution in [0, 0.1) is 39.9 Å². The molecule has 0 radical (unpaired) electrons. The van der Waals surface area contributed by atoms with Crippen molar-refractivity contribution in [3.8, 4) is 6.07 Å². The van der Waals surface area contributed by atoms with E-state index < -0.39 is 5.60 Å². The van der Waals surface area contributed by atoms with Crippen LogP contribution in [0.5, 0.6) is 0 Å². The third-order valence-electron chi connectivity index (χ3n) is 10.9. The smallest absolute Gasteiger partial charge is 0.147 e. The van der Waals surface area contributed by atoms with Crippen LogP contribution in [0.4, 0.5) is 0 Å². The van der Waals surface area contributed by atoms with Gasteiger partial charge in [-0.3, -0.25) is 0 Å². The van der Waals surface area contributed by atoms with E-state index in [0.29, 0.717) is 63.1 Å². The van der Waals surface area contributed by atoms with E-state index in [4.69, 9.17) is 18.9 Å². The minimum Gasteiger partial charge on any atom is -0.389 e. The summed E-state index contributed by atoms with van der Waals surface area (Å²) in [5.41, 5.74) is -1.30.